The van der Waals surface area contributed by atoms with Gasteiger partial charge >= 0.3 is 5.69 Å². The molecule has 0 saturated heterocycles. The molecule has 0 fully saturated rings. The number of aromatic amines is 1. The average Bonchev–Trinajstić information content (AvgIpc) is 2.72. The van der Waals surface area contributed by atoms with Crippen molar-refractivity contribution >= 4 is 11.2 Å². The summed E-state index contributed by atoms with van der Waals surface area (Å²) >= 11 is 0. The number of fused-ring (bicyclic) bond motifs is 1. The van der Waals surface area contributed by atoms with Gasteiger partial charge in [0.15, 0.2) is 11.2 Å². The Kier molecular flexibility index (Phi) is 3.06. The molecule has 0 spiro atoms. The van der Waals surface area contributed by atoms with Crippen LogP contribution in [-0.4, -0.2) is 19.1 Å². The number of hydrogen-bond donors (Lipinski definition) is 1. The molecular formula is C12H14N4O2. The first-order valence-corrected chi connectivity index (χ1v) is 5.68. The van der Waals surface area contributed by atoms with Gasteiger partial charge in [0.1, 0.15) is 5.82 Å². The predicted octanol–water partition coefficient (Wildman–Crippen LogP) is 0.00900. The third-order valence-corrected chi connectivity index (χ3v) is 2.82. The van der Waals surface area contributed by atoms with Gasteiger partial charge in [-0.25, -0.2) is 9.78 Å². The molecule has 0 amide bonds. The van der Waals surface area contributed by atoms with Crippen LogP contribution in [-0.2, 0) is 20.0 Å². The molecule has 0 aromatic carbocycles. The number of nitrogens with zero attached hydrogens (tertiary/aromatic N) is 3. The van der Waals surface area contributed by atoms with Crippen LogP contribution in [0.15, 0.2) is 9.59 Å². The normalized spacial score (nSPS) is 10.4. The van der Waals surface area contributed by atoms with Crippen LogP contribution in [0.3, 0.4) is 0 Å². The lowest BCUT2D eigenvalue weighted by Crippen LogP contribution is -2.29. The second-order valence-corrected chi connectivity index (χ2v) is 3.89. The molecule has 1 N–H and O–H groups in total. The number of imidazole rings is 1. The van der Waals surface area contributed by atoms with Crippen molar-refractivity contribution in [2.24, 2.45) is 7.05 Å². The molecule has 6 nitrogen and oxygen atoms in total. The Morgan fingerprint density at radius 2 is 2.11 bits per heavy atom. The van der Waals surface area contributed by atoms with Crippen molar-refractivity contribution in [3.8, 4) is 11.8 Å². The molecule has 2 aromatic heterocycles. The summed E-state index contributed by atoms with van der Waals surface area (Å²) in [5, 5.41) is 0. The fourth-order valence-corrected chi connectivity index (χ4v) is 1.88. The SMILES string of the molecule is CC#CCn1c(CC)nc2c1c(=O)[nH]c(=O)n2C. The summed E-state index contributed by atoms with van der Waals surface area (Å²) in [5.74, 6) is 6.45. The van der Waals surface area contributed by atoms with Crippen LogP contribution in [0.2, 0.25) is 0 Å². The first kappa shape index (κ1) is 12.2. The number of aryl methyl sites for hydroxylation is 2. The second kappa shape index (κ2) is 4.53. The Morgan fingerprint density at radius 1 is 1.39 bits per heavy atom. The van der Waals surface area contributed by atoms with E-state index < -0.39 is 11.2 Å². The maximum atomic E-state index is 11.9. The Hall–Kier alpha value is -2.29. The first-order chi connectivity index (χ1) is 8.60. The molecule has 94 valence electrons. The zero-order valence-corrected chi connectivity index (χ0v) is 10.6. The van der Waals surface area contributed by atoms with Gasteiger partial charge in [-0.2, -0.15) is 0 Å². The highest BCUT2D eigenvalue weighted by Gasteiger charge is 2.15. The molecule has 2 rings (SSSR count). The van der Waals surface area contributed by atoms with E-state index in [1.807, 2.05) is 6.92 Å². The highest BCUT2D eigenvalue weighted by molar-refractivity contribution is 5.71. The topological polar surface area (TPSA) is 72.7 Å². The van der Waals surface area contributed by atoms with E-state index in [2.05, 4.69) is 21.8 Å². The summed E-state index contributed by atoms with van der Waals surface area (Å²) in [4.78, 5) is 30.0. The summed E-state index contributed by atoms with van der Waals surface area (Å²) in [5.41, 5.74) is -0.0743. The van der Waals surface area contributed by atoms with E-state index in [4.69, 9.17) is 0 Å². The van der Waals surface area contributed by atoms with Crippen molar-refractivity contribution < 1.29 is 0 Å². The number of H-pyrrole nitrogens is 1. The first-order valence-electron chi connectivity index (χ1n) is 5.68. The lowest BCUT2D eigenvalue weighted by Gasteiger charge is -2.02. The quantitative estimate of drug-likeness (QED) is 0.759. The Labute approximate surface area is 103 Å². The number of rotatable bonds is 2. The van der Waals surface area contributed by atoms with Crippen molar-refractivity contribution in [3.63, 3.8) is 0 Å². The van der Waals surface area contributed by atoms with Crippen LogP contribution in [0.5, 0.6) is 0 Å². The fraction of sp³-hybridized carbons (Fsp3) is 0.417. The molecule has 0 atom stereocenters. The van der Waals surface area contributed by atoms with Gasteiger partial charge in [-0.1, -0.05) is 12.8 Å². The van der Waals surface area contributed by atoms with Crippen molar-refractivity contribution in [3.05, 3.63) is 26.7 Å². The third-order valence-electron chi connectivity index (χ3n) is 2.82. The van der Waals surface area contributed by atoms with Gasteiger partial charge in [0.2, 0.25) is 0 Å². The minimum Gasteiger partial charge on any atom is -0.310 e. The van der Waals surface area contributed by atoms with Gasteiger partial charge < -0.3 is 4.57 Å². The summed E-state index contributed by atoms with van der Waals surface area (Å²) in [6, 6.07) is 0. The summed E-state index contributed by atoms with van der Waals surface area (Å²) in [6.45, 7) is 4.09. The van der Waals surface area contributed by atoms with Crippen LogP contribution in [0.4, 0.5) is 0 Å². The molecule has 0 unspecified atom stereocenters. The van der Waals surface area contributed by atoms with Crippen molar-refractivity contribution in [1.29, 1.82) is 0 Å². The van der Waals surface area contributed by atoms with Gasteiger partial charge in [-0.15, -0.1) is 5.92 Å². The van der Waals surface area contributed by atoms with Crippen LogP contribution in [0.1, 0.15) is 19.7 Å². The largest absolute Gasteiger partial charge is 0.329 e. The molecule has 2 aromatic rings. The van der Waals surface area contributed by atoms with Gasteiger partial charge in [-0.05, 0) is 6.92 Å². The minimum atomic E-state index is -0.457. The average molecular weight is 246 g/mol. The third kappa shape index (κ3) is 1.74. The Morgan fingerprint density at radius 3 is 2.72 bits per heavy atom. The van der Waals surface area contributed by atoms with E-state index in [0.29, 0.717) is 24.1 Å². The molecule has 0 saturated carbocycles. The van der Waals surface area contributed by atoms with Gasteiger partial charge in [0.05, 0.1) is 6.54 Å². The van der Waals surface area contributed by atoms with E-state index in [1.54, 1.807) is 18.5 Å². The van der Waals surface area contributed by atoms with Crippen LogP contribution in [0.25, 0.3) is 11.2 Å². The van der Waals surface area contributed by atoms with Gasteiger partial charge in [0, 0.05) is 13.5 Å². The lowest BCUT2D eigenvalue weighted by molar-refractivity contribution is 0.778. The summed E-state index contributed by atoms with van der Waals surface area (Å²) in [7, 11) is 1.59. The van der Waals surface area contributed by atoms with Crippen molar-refractivity contribution in [2.45, 2.75) is 26.8 Å². The Bertz CT molecular complexity index is 767. The maximum Gasteiger partial charge on any atom is 0.329 e. The van der Waals surface area contributed by atoms with Crippen LogP contribution in [0, 0.1) is 11.8 Å². The van der Waals surface area contributed by atoms with E-state index in [-0.39, 0.29) is 0 Å². The molecule has 0 bridgehead atoms. The van der Waals surface area contributed by atoms with E-state index in [1.165, 1.54) is 4.57 Å². The molecule has 18 heavy (non-hydrogen) atoms. The molecule has 2 heterocycles. The van der Waals surface area contributed by atoms with Gasteiger partial charge in [-0.3, -0.25) is 14.3 Å². The zero-order valence-electron chi connectivity index (χ0n) is 10.6. The highest BCUT2D eigenvalue weighted by Crippen LogP contribution is 2.10. The molecule has 0 aliphatic carbocycles. The fourth-order valence-electron chi connectivity index (χ4n) is 1.88. The Balaban J connectivity index is 2.90. The van der Waals surface area contributed by atoms with Crippen LogP contribution >= 0.6 is 0 Å². The predicted molar refractivity (Wildman–Crippen MR) is 68.4 cm³/mol. The highest BCUT2D eigenvalue weighted by atomic mass is 16.2. The molecule has 0 aliphatic heterocycles. The molecule has 6 heteroatoms. The molecule has 0 aliphatic rings. The number of nitrogens with one attached hydrogen (secondary N) is 1. The molecule has 0 radical (unpaired) electrons. The van der Waals surface area contributed by atoms with Crippen molar-refractivity contribution in [1.82, 2.24) is 19.1 Å². The minimum absolute atomic E-state index is 0.400. The standard InChI is InChI=1S/C12H14N4O2/c1-4-6-7-16-8(5-2)13-10-9(16)11(17)14-12(18)15(10)3/h5,7H2,1-3H3,(H,14,17,18). The maximum absolute atomic E-state index is 11.9. The van der Waals surface area contributed by atoms with E-state index in [9.17, 15) is 9.59 Å². The number of aromatic nitrogens is 4. The summed E-state index contributed by atoms with van der Waals surface area (Å²) < 4.78 is 3.09. The van der Waals surface area contributed by atoms with Crippen LogP contribution < -0.4 is 11.2 Å². The monoisotopic (exact) mass is 246 g/mol. The van der Waals surface area contributed by atoms with E-state index in [0.717, 1.165) is 5.82 Å². The summed E-state index contributed by atoms with van der Waals surface area (Å²) in [6.07, 6.45) is 0.674. The van der Waals surface area contributed by atoms with Gasteiger partial charge in [0.25, 0.3) is 5.56 Å². The lowest BCUT2D eigenvalue weighted by atomic mass is 10.4. The molecular weight excluding hydrogens is 232 g/mol. The van der Waals surface area contributed by atoms with Crippen molar-refractivity contribution in [2.75, 3.05) is 0 Å². The van der Waals surface area contributed by atoms with E-state index >= 15 is 0 Å². The number of hydrogen-bond acceptors (Lipinski definition) is 3. The zero-order chi connectivity index (χ0) is 13.3. The second-order valence-electron chi connectivity index (χ2n) is 3.89. The smallest absolute Gasteiger partial charge is 0.310 e.